The Bertz CT molecular complexity index is 274. The first-order chi connectivity index (χ1) is 7.86. The minimum absolute atomic E-state index is 0.0694. The molecule has 0 aromatic rings. The van der Waals surface area contributed by atoms with Crippen LogP contribution in [0.1, 0.15) is 0 Å². The van der Waals surface area contributed by atoms with Gasteiger partial charge in [0.1, 0.15) is 0 Å². The molecule has 0 aromatic carbocycles. The zero-order valence-electron chi connectivity index (χ0n) is 10.00. The Hall–Kier alpha value is -1.12. The van der Waals surface area contributed by atoms with Crippen LogP contribution in [0.3, 0.4) is 0 Å². The number of hydrogen-bond donors (Lipinski definition) is 5. The van der Waals surface area contributed by atoms with Gasteiger partial charge in [0.15, 0.2) is 5.96 Å². The monoisotopic (exact) mass is 323 g/mol. The summed E-state index contributed by atoms with van der Waals surface area (Å²) in [5, 5.41) is 16.4. The lowest BCUT2D eigenvalue weighted by Crippen LogP contribution is -2.31. The number of aliphatic carboxylic acids is 1. The molecule has 0 rings (SSSR count). The summed E-state index contributed by atoms with van der Waals surface area (Å²) in [5.74, 6) is -1.79. The van der Waals surface area contributed by atoms with Crippen molar-refractivity contribution in [1.82, 2.24) is 10.2 Å². The zero-order valence-corrected chi connectivity index (χ0v) is 12.3. The van der Waals surface area contributed by atoms with Crippen LogP contribution in [0.15, 0.2) is 0 Å². The summed E-state index contributed by atoms with van der Waals surface area (Å²) >= 11 is 14.4. The van der Waals surface area contributed by atoms with Gasteiger partial charge in [-0.25, -0.2) is 9.59 Å². The van der Waals surface area contributed by atoms with Crippen LogP contribution in [0, 0.1) is 5.41 Å². The van der Waals surface area contributed by atoms with E-state index < -0.39 is 9.76 Å². The van der Waals surface area contributed by atoms with E-state index in [-0.39, 0.29) is 12.0 Å². The predicted octanol–water partition coefficient (Wildman–Crippen LogP) is 0.167. The molecule has 18 heavy (non-hydrogen) atoms. The summed E-state index contributed by atoms with van der Waals surface area (Å²) in [7, 11) is 4.99. The first-order valence-electron chi connectivity index (χ1n) is 4.14. The van der Waals surface area contributed by atoms with E-state index in [1.54, 1.807) is 21.1 Å². The molecule has 0 atom stereocenters. The average Bonchev–Trinajstić information content (AvgIpc) is 2.14. The molecule has 0 fully saturated rings. The van der Waals surface area contributed by atoms with Gasteiger partial charge in [-0.1, -0.05) is 34.8 Å². The molecule has 2 amide bonds. The maximum Gasteiger partial charge on any atom is 0.356 e. The van der Waals surface area contributed by atoms with Crippen LogP contribution in [-0.4, -0.2) is 52.9 Å². The summed E-state index contributed by atoms with van der Waals surface area (Å²) < 4.78 is -2.17. The third kappa shape index (κ3) is 24.2. The van der Waals surface area contributed by atoms with Crippen molar-refractivity contribution in [3.8, 4) is 0 Å². The highest BCUT2D eigenvalue weighted by atomic mass is 35.6. The zero-order chi connectivity index (χ0) is 15.5. The maximum absolute atomic E-state index is 10.3. The van der Waals surface area contributed by atoms with E-state index in [1.165, 1.54) is 4.90 Å². The lowest BCUT2D eigenvalue weighted by Gasteiger charge is -2.06. The summed E-state index contributed by atoms with van der Waals surface area (Å²) in [5.41, 5.74) is 8.94. The third-order valence-corrected chi connectivity index (χ3v) is 1.35. The first kappa shape index (κ1) is 22.1. The number of carbonyl (C=O) groups excluding carboxylic acids is 1. The highest BCUT2D eigenvalue weighted by Crippen LogP contribution is 2.25. The molecule has 0 heterocycles. The number of guanidine groups is 1. The lowest BCUT2D eigenvalue weighted by molar-refractivity contribution is -0.135. The molecule has 0 saturated heterocycles. The number of alkyl halides is 3. The molecular weight excluding hydrogens is 308 g/mol. The highest BCUT2D eigenvalue weighted by Gasteiger charge is 2.29. The lowest BCUT2D eigenvalue weighted by atomic mass is 10.8. The minimum Gasteiger partial charge on any atom is -0.478 e. The van der Waals surface area contributed by atoms with Gasteiger partial charge in [-0.2, -0.15) is 0 Å². The fourth-order valence-corrected chi connectivity index (χ4v) is 0.224. The number of carbonyl (C=O) groups is 2. The van der Waals surface area contributed by atoms with E-state index in [0.29, 0.717) is 0 Å². The quantitative estimate of drug-likeness (QED) is 0.245. The van der Waals surface area contributed by atoms with E-state index in [0.717, 1.165) is 0 Å². The maximum atomic E-state index is 10.3. The van der Waals surface area contributed by atoms with Crippen molar-refractivity contribution in [2.24, 2.45) is 11.5 Å². The number of halogens is 3. The van der Waals surface area contributed by atoms with Crippen molar-refractivity contribution in [2.75, 3.05) is 21.1 Å². The van der Waals surface area contributed by atoms with E-state index in [2.05, 4.69) is 16.8 Å². The van der Waals surface area contributed by atoms with Crippen molar-refractivity contribution in [1.29, 1.82) is 5.41 Å². The molecule has 7 N–H and O–H groups in total. The van der Waals surface area contributed by atoms with Crippen molar-refractivity contribution >= 4 is 52.8 Å². The van der Waals surface area contributed by atoms with Crippen LogP contribution in [-0.2, 0) is 4.79 Å². The van der Waals surface area contributed by atoms with E-state index in [4.69, 9.17) is 45.3 Å². The fourth-order valence-electron chi connectivity index (χ4n) is 0.224. The number of urea groups is 1. The molecule has 8 nitrogen and oxygen atoms in total. The van der Waals surface area contributed by atoms with Gasteiger partial charge in [-0.05, 0) is 0 Å². The molecule has 0 bridgehead atoms. The Balaban J connectivity index is -0.000000196. The third-order valence-electron chi connectivity index (χ3n) is 0.863. The van der Waals surface area contributed by atoms with Gasteiger partial charge < -0.3 is 26.8 Å². The van der Waals surface area contributed by atoms with Crippen molar-refractivity contribution in [2.45, 2.75) is 3.79 Å². The van der Waals surface area contributed by atoms with Gasteiger partial charge in [0.05, 0.1) is 0 Å². The summed E-state index contributed by atoms with van der Waals surface area (Å²) in [4.78, 5) is 21.4. The second-order valence-corrected chi connectivity index (χ2v) is 4.99. The second kappa shape index (κ2) is 11.0. The van der Waals surface area contributed by atoms with Crippen LogP contribution in [0.25, 0.3) is 0 Å². The van der Waals surface area contributed by atoms with Gasteiger partial charge >= 0.3 is 12.0 Å². The number of rotatable bonds is 0. The van der Waals surface area contributed by atoms with Crippen LogP contribution < -0.4 is 16.8 Å². The second-order valence-electron chi connectivity index (χ2n) is 2.71. The molecule has 0 spiro atoms. The first-order valence-corrected chi connectivity index (χ1v) is 5.28. The molecule has 0 aliphatic rings. The average molecular weight is 325 g/mol. The molecule has 0 aliphatic heterocycles. The van der Waals surface area contributed by atoms with Crippen LogP contribution >= 0.6 is 34.8 Å². The Morgan fingerprint density at radius 2 is 1.50 bits per heavy atom. The van der Waals surface area contributed by atoms with Gasteiger partial charge in [0.25, 0.3) is 3.79 Å². The molecule has 11 heteroatoms. The standard InChI is InChI=1S/C4H10N2O.C2HCl3O2.CH5N3/c1-5-4(7)6(2)3;3-2(4,5)1(6)7;2-1(3)4/h1-3H3,(H,5,7);(H,6,7);(H5,2,3,4). The minimum atomic E-state index is -2.17. The van der Waals surface area contributed by atoms with Gasteiger partial charge in [-0.3, -0.25) is 5.41 Å². The predicted molar refractivity (Wildman–Crippen MR) is 72.2 cm³/mol. The molecular formula is C7H16Cl3N5O3. The molecule has 0 aromatic heterocycles. The molecule has 0 unspecified atom stereocenters. The Morgan fingerprint density at radius 1 is 1.28 bits per heavy atom. The molecule has 108 valence electrons. The van der Waals surface area contributed by atoms with Crippen molar-refractivity contribution in [3.63, 3.8) is 0 Å². The summed E-state index contributed by atoms with van der Waals surface area (Å²) in [6, 6.07) is -0.0694. The fraction of sp³-hybridized carbons (Fsp3) is 0.571. The van der Waals surface area contributed by atoms with E-state index in [9.17, 15) is 9.59 Å². The smallest absolute Gasteiger partial charge is 0.356 e. The number of hydrogen-bond acceptors (Lipinski definition) is 3. The topological polar surface area (TPSA) is 146 Å². The van der Waals surface area contributed by atoms with Gasteiger partial charge in [0, 0.05) is 21.1 Å². The Labute approximate surface area is 120 Å². The van der Waals surface area contributed by atoms with Crippen LogP contribution in [0.5, 0.6) is 0 Å². The summed E-state index contributed by atoms with van der Waals surface area (Å²) in [6.45, 7) is 0. The summed E-state index contributed by atoms with van der Waals surface area (Å²) in [6.07, 6.45) is 0. The number of nitrogens with zero attached hydrogens (tertiary/aromatic N) is 1. The highest BCUT2D eigenvalue weighted by molar-refractivity contribution is 6.75. The van der Waals surface area contributed by atoms with Crippen molar-refractivity contribution in [3.05, 3.63) is 0 Å². The number of nitrogens with two attached hydrogens (primary N) is 2. The SMILES string of the molecule is CNC(=O)N(C)C.N=C(N)N.O=C(O)C(Cl)(Cl)Cl. The van der Waals surface area contributed by atoms with Crippen molar-refractivity contribution < 1.29 is 14.7 Å². The molecule has 0 saturated carbocycles. The van der Waals surface area contributed by atoms with Gasteiger partial charge in [-0.15, -0.1) is 0 Å². The normalized spacial score (nSPS) is 8.78. The van der Waals surface area contributed by atoms with Gasteiger partial charge in [0.2, 0.25) is 0 Å². The Kier molecular flexibility index (Phi) is 13.5. The van der Waals surface area contributed by atoms with Crippen LogP contribution in [0.4, 0.5) is 4.79 Å². The molecule has 0 radical (unpaired) electrons. The largest absolute Gasteiger partial charge is 0.478 e. The number of nitrogens with one attached hydrogen (secondary N) is 2. The van der Waals surface area contributed by atoms with E-state index >= 15 is 0 Å². The number of amides is 2. The Morgan fingerprint density at radius 3 is 1.50 bits per heavy atom. The van der Waals surface area contributed by atoms with Crippen LogP contribution in [0.2, 0.25) is 0 Å². The number of carboxylic acids is 1. The molecule has 0 aliphatic carbocycles. The number of carboxylic acid groups (broad SMARTS) is 1. The van der Waals surface area contributed by atoms with E-state index in [1.807, 2.05) is 0 Å².